The molecule has 1 aromatic carbocycles. The molecular weight excluding hydrogens is 316 g/mol. The van der Waals surface area contributed by atoms with Gasteiger partial charge in [-0.15, -0.1) is 11.8 Å². The van der Waals surface area contributed by atoms with Crippen LogP contribution in [0.4, 0.5) is 0 Å². The van der Waals surface area contributed by atoms with E-state index in [9.17, 15) is 5.11 Å². The van der Waals surface area contributed by atoms with E-state index in [0.717, 1.165) is 48.8 Å². The Hall–Kier alpha value is -0.810. The molecule has 0 aliphatic carbocycles. The normalized spacial score (nSPS) is 17.2. The number of benzene rings is 1. The maximum atomic E-state index is 9.18. The van der Waals surface area contributed by atoms with Crippen LogP contribution in [0.3, 0.4) is 0 Å². The molecule has 1 aliphatic rings. The molecule has 0 saturated carbocycles. The van der Waals surface area contributed by atoms with E-state index >= 15 is 0 Å². The Kier molecular flexibility index (Phi) is 5.58. The fraction of sp³-hybridized carbons (Fsp3) is 0.471. The molecule has 2 heterocycles. The van der Waals surface area contributed by atoms with E-state index in [4.69, 9.17) is 11.6 Å². The van der Waals surface area contributed by atoms with Crippen LogP contribution in [-0.2, 0) is 0 Å². The summed E-state index contributed by atoms with van der Waals surface area (Å²) >= 11 is 7.91. The van der Waals surface area contributed by atoms with E-state index in [1.165, 1.54) is 10.3 Å². The molecule has 3 rings (SSSR count). The molecule has 2 aromatic rings. The number of aliphatic hydroxyl groups excluding tert-OH is 1. The van der Waals surface area contributed by atoms with Crippen molar-refractivity contribution in [2.45, 2.75) is 17.7 Å². The number of halogens is 1. The van der Waals surface area contributed by atoms with Gasteiger partial charge < -0.3 is 10.0 Å². The lowest BCUT2D eigenvalue weighted by atomic mass is 9.98. The van der Waals surface area contributed by atoms with Crippen molar-refractivity contribution in [1.29, 1.82) is 0 Å². The van der Waals surface area contributed by atoms with Gasteiger partial charge in [0.1, 0.15) is 0 Å². The number of piperidine rings is 1. The first-order valence-corrected chi connectivity index (χ1v) is 9.13. The van der Waals surface area contributed by atoms with Crippen molar-refractivity contribution in [3.8, 4) is 0 Å². The molecule has 0 radical (unpaired) electrons. The third kappa shape index (κ3) is 3.93. The van der Waals surface area contributed by atoms with Crippen molar-refractivity contribution in [3.05, 3.63) is 35.5 Å². The number of aliphatic hydroxyl groups is 1. The summed E-state index contributed by atoms with van der Waals surface area (Å²) < 4.78 is 0. The fourth-order valence-corrected chi connectivity index (χ4v) is 4.12. The van der Waals surface area contributed by atoms with E-state index in [-0.39, 0.29) is 0 Å². The number of hydrogen-bond acceptors (Lipinski definition) is 4. The predicted octanol–water partition coefficient (Wildman–Crippen LogP) is 3.68. The monoisotopic (exact) mass is 336 g/mol. The Labute approximate surface area is 140 Å². The number of rotatable bonds is 5. The molecule has 5 heteroatoms. The number of fused-ring (bicyclic) bond motifs is 1. The first-order chi connectivity index (χ1) is 10.8. The summed E-state index contributed by atoms with van der Waals surface area (Å²) in [5.74, 6) is 1.59. The minimum absolute atomic E-state index is 0.341. The van der Waals surface area contributed by atoms with E-state index in [1.54, 1.807) is 0 Å². The summed E-state index contributed by atoms with van der Waals surface area (Å²) in [6.07, 6.45) is 4.10. The highest BCUT2D eigenvalue weighted by atomic mass is 35.5. The number of hydrogen-bond donors (Lipinski definition) is 1. The van der Waals surface area contributed by atoms with Gasteiger partial charge in [-0.3, -0.25) is 4.98 Å². The van der Waals surface area contributed by atoms with Gasteiger partial charge in [0.15, 0.2) is 0 Å². The standard InChI is InChI=1S/C17H21ClN2OS/c18-14-1-2-15-16(11-14)19-6-3-17(15)22-10-9-20-7-4-13(12-21)5-8-20/h1-3,6,11,13,21H,4-5,7-10,12H2. The molecule has 1 N–H and O–H groups in total. The van der Waals surface area contributed by atoms with Crippen LogP contribution in [-0.4, -0.2) is 47.0 Å². The van der Waals surface area contributed by atoms with Crippen molar-refractivity contribution < 1.29 is 5.11 Å². The molecule has 0 atom stereocenters. The van der Waals surface area contributed by atoms with Crippen molar-refractivity contribution in [3.63, 3.8) is 0 Å². The number of thioether (sulfide) groups is 1. The summed E-state index contributed by atoms with van der Waals surface area (Å²) in [5.41, 5.74) is 0.960. The maximum Gasteiger partial charge on any atom is 0.0728 e. The molecule has 1 fully saturated rings. The SMILES string of the molecule is OCC1CCN(CCSc2ccnc3cc(Cl)ccc23)CC1. The average Bonchev–Trinajstić information content (AvgIpc) is 2.55. The zero-order valence-corrected chi connectivity index (χ0v) is 14.1. The zero-order chi connectivity index (χ0) is 15.4. The van der Waals surface area contributed by atoms with Crippen LogP contribution in [0.2, 0.25) is 5.02 Å². The highest BCUT2D eigenvalue weighted by Crippen LogP contribution is 2.28. The van der Waals surface area contributed by atoms with Crippen LogP contribution in [0, 0.1) is 5.92 Å². The van der Waals surface area contributed by atoms with Gasteiger partial charge in [-0.05, 0) is 50.0 Å². The van der Waals surface area contributed by atoms with Crippen LogP contribution in [0.1, 0.15) is 12.8 Å². The highest BCUT2D eigenvalue weighted by molar-refractivity contribution is 7.99. The van der Waals surface area contributed by atoms with Crippen molar-refractivity contribution >= 4 is 34.3 Å². The third-order valence-corrected chi connectivity index (χ3v) is 5.58. The molecule has 0 spiro atoms. The number of pyridine rings is 1. The smallest absolute Gasteiger partial charge is 0.0728 e. The summed E-state index contributed by atoms with van der Waals surface area (Å²) in [6, 6.07) is 7.98. The predicted molar refractivity (Wildman–Crippen MR) is 93.7 cm³/mol. The van der Waals surface area contributed by atoms with Gasteiger partial charge in [-0.2, -0.15) is 0 Å². The summed E-state index contributed by atoms with van der Waals surface area (Å²) in [7, 11) is 0. The first-order valence-electron chi connectivity index (χ1n) is 7.76. The number of aromatic nitrogens is 1. The molecule has 1 aromatic heterocycles. The average molecular weight is 337 g/mol. The molecule has 3 nitrogen and oxygen atoms in total. The van der Waals surface area contributed by atoms with Crippen LogP contribution >= 0.6 is 23.4 Å². The maximum absolute atomic E-state index is 9.18. The minimum atomic E-state index is 0.341. The fourth-order valence-electron chi connectivity index (χ4n) is 2.90. The summed E-state index contributed by atoms with van der Waals surface area (Å²) in [4.78, 5) is 8.16. The topological polar surface area (TPSA) is 36.4 Å². The van der Waals surface area contributed by atoms with Gasteiger partial charge in [-0.1, -0.05) is 17.7 Å². The van der Waals surface area contributed by atoms with Gasteiger partial charge in [0.25, 0.3) is 0 Å². The van der Waals surface area contributed by atoms with E-state index in [1.807, 2.05) is 30.1 Å². The summed E-state index contributed by atoms with van der Waals surface area (Å²) in [5, 5.41) is 11.1. The Bertz CT molecular complexity index is 629. The Morgan fingerprint density at radius 1 is 1.27 bits per heavy atom. The molecule has 1 aliphatic heterocycles. The van der Waals surface area contributed by atoms with Crippen LogP contribution in [0.15, 0.2) is 35.4 Å². The van der Waals surface area contributed by atoms with Crippen LogP contribution in [0.25, 0.3) is 10.9 Å². The highest BCUT2D eigenvalue weighted by Gasteiger charge is 2.17. The van der Waals surface area contributed by atoms with Crippen LogP contribution < -0.4 is 0 Å². The molecule has 22 heavy (non-hydrogen) atoms. The molecule has 0 unspecified atom stereocenters. The molecule has 0 amide bonds. The summed E-state index contributed by atoms with van der Waals surface area (Å²) in [6.45, 7) is 3.66. The molecule has 1 saturated heterocycles. The lowest BCUT2D eigenvalue weighted by molar-refractivity contribution is 0.136. The Balaban J connectivity index is 1.56. The lowest BCUT2D eigenvalue weighted by Crippen LogP contribution is -2.36. The minimum Gasteiger partial charge on any atom is -0.396 e. The number of likely N-dealkylation sites (tertiary alicyclic amines) is 1. The van der Waals surface area contributed by atoms with Crippen molar-refractivity contribution in [2.24, 2.45) is 5.92 Å². The first kappa shape index (κ1) is 16.1. The van der Waals surface area contributed by atoms with Gasteiger partial charge in [0, 0.05) is 40.4 Å². The van der Waals surface area contributed by atoms with Crippen LogP contribution in [0.5, 0.6) is 0 Å². The second kappa shape index (κ2) is 7.64. The van der Waals surface area contributed by atoms with Gasteiger partial charge >= 0.3 is 0 Å². The van der Waals surface area contributed by atoms with E-state index < -0.39 is 0 Å². The van der Waals surface area contributed by atoms with Gasteiger partial charge in [-0.25, -0.2) is 0 Å². The second-order valence-electron chi connectivity index (χ2n) is 5.79. The largest absolute Gasteiger partial charge is 0.396 e. The zero-order valence-electron chi connectivity index (χ0n) is 12.5. The second-order valence-corrected chi connectivity index (χ2v) is 7.36. The Morgan fingerprint density at radius 3 is 2.86 bits per heavy atom. The quantitative estimate of drug-likeness (QED) is 0.845. The van der Waals surface area contributed by atoms with Crippen molar-refractivity contribution in [2.75, 3.05) is 32.0 Å². The Morgan fingerprint density at radius 2 is 2.09 bits per heavy atom. The van der Waals surface area contributed by atoms with Gasteiger partial charge in [0.2, 0.25) is 0 Å². The number of nitrogens with zero attached hydrogens (tertiary/aromatic N) is 2. The van der Waals surface area contributed by atoms with E-state index in [0.29, 0.717) is 12.5 Å². The third-order valence-electron chi connectivity index (χ3n) is 4.30. The van der Waals surface area contributed by atoms with E-state index in [2.05, 4.69) is 22.0 Å². The molecular formula is C17H21ClN2OS. The molecule has 0 bridgehead atoms. The lowest BCUT2D eigenvalue weighted by Gasteiger charge is -2.30. The van der Waals surface area contributed by atoms with Crippen molar-refractivity contribution in [1.82, 2.24) is 9.88 Å². The van der Waals surface area contributed by atoms with Gasteiger partial charge in [0.05, 0.1) is 5.52 Å². The molecule has 118 valence electrons.